The van der Waals surface area contributed by atoms with Gasteiger partial charge in [0.15, 0.2) is 21.1 Å². The molecule has 4 aliphatic carbocycles. The molecule has 6 unspecified atom stereocenters. The van der Waals surface area contributed by atoms with Gasteiger partial charge in [-0.2, -0.15) is 0 Å². The van der Waals surface area contributed by atoms with Crippen LogP contribution >= 0.6 is 0 Å². The van der Waals surface area contributed by atoms with Crippen molar-refractivity contribution in [2.24, 2.45) is 43.8 Å². The zero-order valence-electron chi connectivity index (χ0n) is 22.7. The van der Waals surface area contributed by atoms with E-state index < -0.39 is 74.6 Å². The lowest BCUT2D eigenvalue weighted by Crippen LogP contribution is -2.54. The van der Waals surface area contributed by atoms with Crippen LogP contribution in [0.1, 0.15) is 65.5 Å². The first kappa shape index (κ1) is 27.4. The average molecular weight is 561 g/mol. The molecule has 0 spiro atoms. The first-order chi connectivity index (χ1) is 17.0. The van der Waals surface area contributed by atoms with E-state index in [4.69, 9.17) is 10.3 Å². The van der Waals surface area contributed by atoms with Gasteiger partial charge in [0, 0.05) is 22.7 Å². The Bertz CT molecular complexity index is 1470. The van der Waals surface area contributed by atoms with Gasteiger partial charge in [-0.1, -0.05) is 90.1 Å². The molecule has 4 N–H and O–H groups in total. The van der Waals surface area contributed by atoms with Crippen LogP contribution < -0.4 is 10.3 Å². The normalized spacial score (nSPS) is 41.4. The second-order valence-electron chi connectivity index (χ2n) is 13.4. The molecule has 4 saturated carbocycles. The Morgan fingerprint density at radius 3 is 1.13 bits per heavy atom. The quantitative estimate of drug-likeness (QED) is 0.540. The van der Waals surface area contributed by atoms with Gasteiger partial charge < -0.3 is 0 Å². The van der Waals surface area contributed by atoms with Crippen LogP contribution in [-0.2, 0) is 39.1 Å². The van der Waals surface area contributed by atoms with E-state index in [0.717, 1.165) is 0 Å². The molecule has 1 aromatic rings. The number of hydrogen-bond donors (Lipinski definition) is 2. The molecule has 8 nitrogen and oxygen atoms in total. The van der Waals surface area contributed by atoms with Crippen molar-refractivity contribution in [3.05, 3.63) is 59.7 Å². The number of primary sulfonamides is 2. The van der Waals surface area contributed by atoms with Gasteiger partial charge in [0.05, 0.1) is 0 Å². The molecule has 0 heterocycles. The smallest absolute Gasteiger partial charge is 0.226 e. The highest BCUT2D eigenvalue weighted by Crippen LogP contribution is 2.74. The van der Waals surface area contributed by atoms with E-state index >= 15 is 0 Å². The van der Waals surface area contributed by atoms with Crippen LogP contribution in [0.5, 0.6) is 0 Å². The first-order valence-electron chi connectivity index (χ1n) is 12.6. The van der Waals surface area contributed by atoms with Crippen LogP contribution in [-0.4, -0.2) is 28.4 Å². The van der Waals surface area contributed by atoms with Crippen LogP contribution in [0.25, 0.3) is 0 Å². The van der Waals surface area contributed by atoms with Gasteiger partial charge in [-0.05, 0) is 34.8 Å². The minimum atomic E-state index is -4.51. The largest absolute Gasteiger partial charge is 0.297 e. The zero-order valence-corrected chi connectivity index (χ0v) is 24.3. The van der Waals surface area contributed by atoms with Crippen molar-refractivity contribution in [2.75, 3.05) is 0 Å². The van der Waals surface area contributed by atoms with Gasteiger partial charge in [-0.3, -0.25) is 9.59 Å². The molecule has 0 saturated heterocycles. The highest BCUT2D eigenvalue weighted by molar-refractivity contribution is 7.91. The Balaban J connectivity index is 1.78. The number of carbonyl (C=O) groups excluding carboxylic acids is 2. The predicted octanol–water partition coefficient (Wildman–Crippen LogP) is 3.04. The topological polar surface area (TPSA) is 154 Å². The molecule has 0 radical (unpaired) electrons. The summed E-state index contributed by atoms with van der Waals surface area (Å²) in [5.41, 5.74) is -1.98. The molecule has 0 amide bonds. The van der Waals surface area contributed by atoms with Gasteiger partial charge in [0.2, 0.25) is 20.0 Å². The number of allylic oxidation sites excluding steroid dienone is 2. The monoisotopic (exact) mass is 560 g/mol. The van der Waals surface area contributed by atoms with Crippen LogP contribution in [0.3, 0.4) is 0 Å². The highest BCUT2D eigenvalue weighted by atomic mass is 32.2. The lowest BCUT2D eigenvalue weighted by Gasteiger charge is -2.39. The van der Waals surface area contributed by atoms with E-state index in [2.05, 4.69) is 13.2 Å². The molecular formula is C28H36N2O6S2. The number of benzene rings is 1. The predicted molar refractivity (Wildman–Crippen MR) is 144 cm³/mol. The number of hydrogen-bond acceptors (Lipinski definition) is 6. The molecule has 0 aromatic heterocycles. The van der Waals surface area contributed by atoms with E-state index in [0.29, 0.717) is 24.0 Å². The molecule has 6 atom stereocenters. The lowest BCUT2D eigenvalue weighted by molar-refractivity contribution is -0.130. The van der Waals surface area contributed by atoms with Crippen molar-refractivity contribution < 1.29 is 26.4 Å². The number of carbonyl (C=O) groups is 2. The van der Waals surface area contributed by atoms with E-state index in [1.807, 2.05) is 27.7 Å². The van der Waals surface area contributed by atoms with Gasteiger partial charge in [-0.15, -0.1) is 0 Å². The van der Waals surface area contributed by atoms with E-state index in [1.54, 1.807) is 13.8 Å². The average Bonchev–Trinajstić information content (AvgIpc) is 3.17. The first-order valence-corrected chi connectivity index (χ1v) is 15.7. The van der Waals surface area contributed by atoms with Crippen molar-refractivity contribution in [1.29, 1.82) is 0 Å². The second-order valence-corrected chi connectivity index (χ2v) is 16.9. The van der Waals surface area contributed by atoms with Crippen LogP contribution in [0.2, 0.25) is 0 Å². The number of Topliss-reactive ketones (excluding diaryl/α,β-unsaturated/α-hetero) is 2. The number of nitrogens with two attached hydrogens (primary N) is 2. The summed E-state index contributed by atoms with van der Waals surface area (Å²) in [6.07, 6.45) is 0.721. The lowest BCUT2D eigenvalue weighted by atomic mass is 9.70. The number of ketones is 2. The Morgan fingerprint density at radius 1 is 0.658 bits per heavy atom. The third-order valence-corrected chi connectivity index (χ3v) is 14.5. The maximum absolute atomic E-state index is 14.0. The van der Waals surface area contributed by atoms with Crippen LogP contribution in [0.4, 0.5) is 0 Å². The molecular weight excluding hydrogens is 524 g/mol. The number of rotatable bonds is 4. The Labute approximate surface area is 225 Å². The molecule has 10 heteroatoms. The van der Waals surface area contributed by atoms with Crippen LogP contribution in [0, 0.1) is 33.5 Å². The van der Waals surface area contributed by atoms with E-state index in [-0.39, 0.29) is 11.1 Å². The second kappa shape index (κ2) is 6.95. The molecule has 4 aliphatic rings. The highest BCUT2D eigenvalue weighted by Gasteiger charge is 2.80. The maximum atomic E-state index is 14.0. The summed E-state index contributed by atoms with van der Waals surface area (Å²) in [5.74, 6) is -2.55. The minimum Gasteiger partial charge on any atom is -0.297 e. The summed E-state index contributed by atoms with van der Waals surface area (Å²) in [6.45, 7) is 19.1. The third kappa shape index (κ3) is 2.46. The summed E-state index contributed by atoms with van der Waals surface area (Å²) < 4.78 is 49.3. The van der Waals surface area contributed by atoms with Gasteiger partial charge in [0.1, 0.15) is 0 Å². The summed E-state index contributed by atoms with van der Waals surface area (Å²) in [5, 5.41) is 11.7. The molecule has 1 aromatic carbocycles. The minimum absolute atomic E-state index is 0.126. The van der Waals surface area contributed by atoms with Gasteiger partial charge >= 0.3 is 0 Å². The van der Waals surface area contributed by atoms with Crippen molar-refractivity contribution in [3.63, 3.8) is 0 Å². The van der Waals surface area contributed by atoms with Gasteiger partial charge in [-0.25, -0.2) is 27.1 Å². The zero-order chi connectivity index (χ0) is 28.9. The third-order valence-electron chi connectivity index (χ3n) is 11.4. The van der Waals surface area contributed by atoms with Crippen molar-refractivity contribution in [1.82, 2.24) is 0 Å². The summed E-state index contributed by atoms with van der Waals surface area (Å²) >= 11 is 0. The fourth-order valence-corrected chi connectivity index (χ4v) is 12.6. The standard InChI is InChI=1S/C28H36N2O6S2/c1-15-13-25(7)21(31)27(37(29,33)34,19(15)23(25,3)4)17-9-11-18(12-10-17)28(38(30,35)36)20-16(2)14-26(8,22(28)32)24(20,5)6/h9-12,19-20H,1-2,13-14H2,3-8H3,(H2,29,33,34)(H2,30,35,36). The van der Waals surface area contributed by atoms with Gasteiger partial charge in [0.25, 0.3) is 0 Å². The summed E-state index contributed by atoms with van der Waals surface area (Å²) in [7, 11) is -9.01. The Kier molecular flexibility index (Phi) is 5.01. The fourth-order valence-electron chi connectivity index (χ4n) is 9.12. The SMILES string of the molecule is C=C1CC2(C)C(=O)C(c3ccc(C4(S(N)(=O)=O)C(=O)C5(C)CC(=C)C4C5(C)C)cc3)(S(N)(=O)=O)C1C2(C)C. The number of sulfonamides is 2. The molecule has 5 rings (SSSR count). The molecule has 206 valence electrons. The van der Waals surface area contributed by atoms with Crippen molar-refractivity contribution >= 4 is 31.6 Å². The maximum Gasteiger partial charge on any atom is 0.226 e. The van der Waals surface area contributed by atoms with Crippen LogP contribution in [0.15, 0.2) is 48.6 Å². The van der Waals surface area contributed by atoms with E-state index in [1.165, 1.54) is 24.3 Å². The number of fused-ring (bicyclic) bond motifs is 4. The molecule has 38 heavy (non-hydrogen) atoms. The molecule has 4 fully saturated rings. The Hall–Kier alpha value is -2.14. The van der Waals surface area contributed by atoms with Crippen molar-refractivity contribution in [3.8, 4) is 0 Å². The molecule has 4 bridgehead atoms. The molecule has 0 aliphatic heterocycles. The Morgan fingerprint density at radius 2 is 0.921 bits per heavy atom. The van der Waals surface area contributed by atoms with E-state index in [9.17, 15) is 26.4 Å². The van der Waals surface area contributed by atoms with Crippen molar-refractivity contribution in [2.45, 2.75) is 63.9 Å². The summed E-state index contributed by atoms with van der Waals surface area (Å²) in [6, 6.07) is 5.65. The summed E-state index contributed by atoms with van der Waals surface area (Å²) in [4.78, 5) is 28.1. The fraction of sp³-hybridized carbons (Fsp3) is 0.571.